The predicted octanol–water partition coefficient (Wildman–Crippen LogP) is 2.15. The average Bonchev–Trinajstić information content (AvgIpc) is 2.78. The topological polar surface area (TPSA) is 54.5 Å². The molecule has 0 aliphatic rings. The van der Waals surface area contributed by atoms with Crippen molar-refractivity contribution in [3.63, 3.8) is 0 Å². The molecule has 0 saturated heterocycles. The molecule has 2 aromatic rings. The van der Waals surface area contributed by atoms with E-state index in [-0.39, 0.29) is 0 Å². The first-order chi connectivity index (χ1) is 8.35. The van der Waals surface area contributed by atoms with E-state index in [2.05, 4.69) is 27.5 Å². The quantitative estimate of drug-likeness (QED) is 0.802. The third kappa shape index (κ3) is 2.51. The summed E-state index contributed by atoms with van der Waals surface area (Å²) in [5, 5.41) is 8.98. The fourth-order valence-electron chi connectivity index (χ4n) is 1.79. The van der Waals surface area contributed by atoms with Gasteiger partial charge < -0.3 is 4.57 Å². The molecule has 0 aromatic carbocycles. The van der Waals surface area contributed by atoms with E-state index in [0.717, 1.165) is 24.2 Å². The standard InChI is InChI=1S/C13H14N4/c1-2-4-13-16-7-8-17(13)10-11-5-3-6-15-12(11)9-14/h3,5-8H,2,4,10H2,1H3. The Morgan fingerprint density at radius 1 is 1.35 bits per heavy atom. The van der Waals surface area contributed by atoms with E-state index in [0.29, 0.717) is 12.2 Å². The molecule has 0 unspecified atom stereocenters. The molecule has 0 bridgehead atoms. The van der Waals surface area contributed by atoms with Crippen LogP contribution in [0.2, 0.25) is 0 Å². The molecule has 0 fully saturated rings. The van der Waals surface area contributed by atoms with Crippen LogP contribution in [0, 0.1) is 11.3 Å². The highest BCUT2D eigenvalue weighted by molar-refractivity contribution is 5.30. The second-order valence-corrected chi connectivity index (χ2v) is 3.84. The van der Waals surface area contributed by atoms with Crippen molar-refractivity contribution in [1.29, 1.82) is 5.26 Å². The maximum absolute atomic E-state index is 8.98. The molecule has 4 nitrogen and oxygen atoms in total. The molecule has 2 aromatic heterocycles. The van der Waals surface area contributed by atoms with Crippen LogP contribution in [-0.4, -0.2) is 14.5 Å². The minimum Gasteiger partial charge on any atom is -0.330 e. The highest BCUT2D eigenvalue weighted by Crippen LogP contribution is 2.09. The molecule has 0 aliphatic carbocycles. The number of aryl methyl sites for hydroxylation is 1. The lowest BCUT2D eigenvalue weighted by atomic mass is 10.2. The number of pyridine rings is 1. The Bertz CT molecular complexity index is 536. The molecule has 0 saturated carbocycles. The van der Waals surface area contributed by atoms with Crippen molar-refractivity contribution in [2.45, 2.75) is 26.3 Å². The van der Waals surface area contributed by atoms with Crippen LogP contribution in [0.3, 0.4) is 0 Å². The molecular weight excluding hydrogens is 212 g/mol. The van der Waals surface area contributed by atoms with Gasteiger partial charge in [0.2, 0.25) is 0 Å². The lowest BCUT2D eigenvalue weighted by molar-refractivity contribution is 0.702. The number of aromatic nitrogens is 3. The maximum Gasteiger partial charge on any atom is 0.145 e. The molecule has 0 amide bonds. The largest absolute Gasteiger partial charge is 0.330 e. The molecule has 2 heterocycles. The first-order valence-electron chi connectivity index (χ1n) is 5.69. The van der Waals surface area contributed by atoms with Gasteiger partial charge in [-0.05, 0) is 12.5 Å². The molecule has 4 heteroatoms. The summed E-state index contributed by atoms with van der Waals surface area (Å²) in [6.45, 7) is 2.79. The maximum atomic E-state index is 8.98. The van der Waals surface area contributed by atoms with E-state index in [1.807, 2.05) is 18.3 Å². The van der Waals surface area contributed by atoms with Crippen LogP contribution in [0.1, 0.15) is 30.4 Å². The number of hydrogen-bond acceptors (Lipinski definition) is 3. The van der Waals surface area contributed by atoms with E-state index >= 15 is 0 Å². The first-order valence-corrected chi connectivity index (χ1v) is 5.69. The van der Waals surface area contributed by atoms with Gasteiger partial charge in [0.05, 0.1) is 6.54 Å². The lowest BCUT2D eigenvalue weighted by Gasteiger charge is -2.07. The van der Waals surface area contributed by atoms with E-state index in [4.69, 9.17) is 5.26 Å². The SMILES string of the molecule is CCCc1nccn1Cc1cccnc1C#N. The predicted molar refractivity (Wildman–Crippen MR) is 64.3 cm³/mol. The summed E-state index contributed by atoms with van der Waals surface area (Å²) in [6.07, 6.45) is 7.40. The second-order valence-electron chi connectivity index (χ2n) is 3.84. The average molecular weight is 226 g/mol. The summed E-state index contributed by atoms with van der Waals surface area (Å²) in [5.41, 5.74) is 1.43. The van der Waals surface area contributed by atoms with Crippen LogP contribution >= 0.6 is 0 Å². The Labute approximate surface area is 101 Å². The zero-order valence-electron chi connectivity index (χ0n) is 9.80. The lowest BCUT2D eigenvalue weighted by Crippen LogP contribution is -2.06. The Morgan fingerprint density at radius 3 is 3.00 bits per heavy atom. The highest BCUT2D eigenvalue weighted by atomic mass is 15.1. The van der Waals surface area contributed by atoms with Crippen molar-refractivity contribution in [2.24, 2.45) is 0 Å². The Hall–Kier alpha value is -2.15. The normalized spacial score (nSPS) is 10.1. The van der Waals surface area contributed by atoms with Gasteiger partial charge in [-0.1, -0.05) is 13.0 Å². The van der Waals surface area contributed by atoms with Gasteiger partial charge in [0.25, 0.3) is 0 Å². The van der Waals surface area contributed by atoms with E-state index < -0.39 is 0 Å². The summed E-state index contributed by atoms with van der Waals surface area (Å²) < 4.78 is 2.07. The van der Waals surface area contributed by atoms with Crippen LogP contribution in [-0.2, 0) is 13.0 Å². The van der Waals surface area contributed by atoms with Crippen molar-refractivity contribution >= 4 is 0 Å². The zero-order chi connectivity index (χ0) is 12.1. The van der Waals surface area contributed by atoms with Crippen LogP contribution in [0.5, 0.6) is 0 Å². The first kappa shape index (κ1) is 11.3. The van der Waals surface area contributed by atoms with Crippen molar-refractivity contribution < 1.29 is 0 Å². The molecule has 0 aliphatic heterocycles. The summed E-state index contributed by atoms with van der Waals surface area (Å²) in [7, 11) is 0. The van der Waals surface area contributed by atoms with Gasteiger partial charge in [0.15, 0.2) is 0 Å². The second kappa shape index (κ2) is 5.26. The van der Waals surface area contributed by atoms with E-state index in [9.17, 15) is 0 Å². The minimum absolute atomic E-state index is 0.489. The van der Waals surface area contributed by atoms with Crippen molar-refractivity contribution in [1.82, 2.24) is 14.5 Å². The highest BCUT2D eigenvalue weighted by Gasteiger charge is 2.06. The number of nitrogens with zero attached hydrogens (tertiary/aromatic N) is 4. The number of hydrogen-bond donors (Lipinski definition) is 0. The molecule has 0 atom stereocenters. The summed E-state index contributed by atoms with van der Waals surface area (Å²) in [6, 6.07) is 5.90. The Balaban J connectivity index is 2.26. The van der Waals surface area contributed by atoms with Gasteiger partial charge in [0.1, 0.15) is 17.6 Å². The fraction of sp³-hybridized carbons (Fsp3) is 0.308. The third-order valence-corrected chi connectivity index (χ3v) is 2.61. The van der Waals surface area contributed by atoms with Gasteiger partial charge in [-0.15, -0.1) is 0 Å². The molecule has 86 valence electrons. The van der Waals surface area contributed by atoms with Gasteiger partial charge in [0, 0.05) is 30.6 Å². The summed E-state index contributed by atoms with van der Waals surface area (Å²) >= 11 is 0. The smallest absolute Gasteiger partial charge is 0.145 e. The van der Waals surface area contributed by atoms with Gasteiger partial charge >= 0.3 is 0 Å². The number of nitriles is 1. The molecular formula is C13H14N4. The Kier molecular flexibility index (Phi) is 3.51. The molecule has 0 N–H and O–H groups in total. The van der Waals surface area contributed by atoms with Crippen molar-refractivity contribution in [3.8, 4) is 6.07 Å². The molecule has 2 rings (SSSR count). The third-order valence-electron chi connectivity index (χ3n) is 2.61. The van der Waals surface area contributed by atoms with Gasteiger partial charge in [-0.3, -0.25) is 0 Å². The van der Waals surface area contributed by atoms with Crippen LogP contribution < -0.4 is 0 Å². The van der Waals surface area contributed by atoms with Crippen LogP contribution in [0.25, 0.3) is 0 Å². The fourth-order valence-corrected chi connectivity index (χ4v) is 1.79. The Morgan fingerprint density at radius 2 is 2.24 bits per heavy atom. The molecule has 0 spiro atoms. The van der Waals surface area contributed by atoms with Gasteiger partial charge in [-0.2, -0.15) is 5.26 Å². The summed E-state index contributed by atoms with van der Waals surface area (Å²) in [5.74, 6) is 1.06. The van der Waals surface area contributed by atoms with E-state index in [1.54, 1.807) is 12.4 Å². The monoisotopic (exact) mass is 226 g/mol. The molecule has 17 heavy (non-hydrogen) atoms. The zero-order valence-corrected chi connectivity index (χ0v) is 9.80. The number of imidazole rings is 1. The van der Waals surface area contributed by atoms with Crippen LogP contribution in [0.4, 0.5) is 0 Å². The number of rotatable bonds is 4. The molecule has 0 radical (unpaired) electrons. The van der Waals surface area contributed by atoms with Crippen molar-refractivity contribution in [2.75, 3.05) is 0 Å². The van der Waals surface area contributed by atoms with Crippen molar-refractivity contribution in [3.05, 3.63) is 47.8 Å². The van der Waals surface area contributed by atoms with E-state index in [1.165, 1.54) is 0 Å². The van der Waals surface area contributed by atoms with Gasteiger partial charge in [-0.25, -0.2) is 9.97 Å². The minimum atomic E-state index is 0.489. The van der Waals surface area contributed by atoms with Crippen LogP contribution in [0.15, 0.2) is 30.7 Å². The summed E-state index contributed by atoms with van der Waals surface area (Å²) in [4.78, 5) is 8.38.